The van der Waals surface area contributed by atoms with Crippen LogP contribution in [0.5, 0.6) is 17.2 Å². The highest BCUT2D eigenvalue weighted by atomic mass is 16.7. The summed E-state index contributed by atoms with van der Waals surface area (Å²) in [6.07, 6.45) is 5.71. The van der Waals surface area contributed by atoms with Gasteiger partial charge < -0.3 is 28.6 Å². The molecule has 0 aromatic heterocycles. The van der Waals surface area contributed by atoms with E-state index < -0.39 is 5.41 Å². The van der Waals surface area contributed by atoms with Crippen LogP contribution in [0.3, 0.4) is 0 Å². The molecular formula is C25H21NO6. The SMILES string of the molecule is O=C1N(CC2=COC3CCCOC3=C2)c2ccccc2C12COc1cc3c(cc12)OCO3. The number of hydrogen-bond acceptors (Lipinski definition) is 6. The fraction of sp³-hybridized carbons (Fsp3) is 0.320. The second kappa shape index (κ2) is 6.45. The van der Waals surface area contributed by atoms with Crippen molar-refractivity contribution < 1.29 is 28.5 Å². The van der Waals surface area contributed by atoms with E-state index in [2.05, 4.69) is 0 Å². The molecule has 2 aromatic rings. The molecule has 0 N–H and O–H groups in total. The molecule has 0 saturated carbocycles. The molecule has 5 aliphatic heterocycles. The molecule has 1 fully saturated rings. The van der Waals surface area contributed by atoms with E-state index in [0.717, 1.165) is 41.0 Å². The Balaban J connectivity index is 1.29. The topological polar surface area (TPSA) is 66.5 Å². The van der Waals surface area contributed by atoms with Crippen LogP contribution in [0.25, 0.3) is 0 Å². The first-order valence-electron chi connectivity index (χ1n) is 10.9. The van der Waals surface area contributed by atoms with Crippen molar-refractivity contribution in [3.05, 3.63) is 71.2 Å². The Labute approximate surface area is 184 Å². The van der Waals surface area contributed by atoms with Crippen LogP contribution in [0.1, 0.15) is 24.0 Å². The lowest BCUT2D eigenvalue weighted by molar-refractivity contribution is -0.122. The van der Waals surface area contributed by atoms with Gasteiger partial charge in [-0.1, -0.05) is 18.2 Å². The fourth-order valence-corrected chi connectivity index (χ4v) is 5.34. The number of amides is 1. The van der Waals surface area contributed by atoms with Gasteiger partial charge in [-0.15, -0.1) is 0 Å². The summed E-state index contributed by atoms with van der Waals surface area (Å²) in [6, 6.07) is 11.7. The van der Waals surface area contributed by atoms with Crippen LogP contribution in [-0.4, -0.2) is 38.6 Å². The molecule has 5 aliphatic rings. The normalized spacial score (nSPS) is 26.4. The molecule has 0 aliphatic carbocycles. The smallest absolute Gasteiger partial charge is 0.246 e. The number of ether oxygens (including phenoxy) is 5. The Kier molecular flexibility index (Phi) is 3.63. The standard InChI is InChI=1S/C25H21NO6/c27-24-25(13-30-20-10-23-22(9-17(20)25)31-14-32-23)16-4-1-2-5-18(16)26(24)11-15-8-21-19(29-12-15)6-3-7-28-21/h1-2,4-5,8-10,12,19H,3,6-7,11,13-14H2. The monoisotopic (exact) mass is 431 g/mol. The first-order valence-corrected chi connectivity index (χ1v) is 10.9. The van der Waals surface area contributed by atoms with Crippen LogP contribution in [0.4, 0.5) is 5.69 Å². The average molecular weight is 431 g/mol. The molecule has 1 spiro atoms. The lowest BCUT2D eigenvalue weighted by atomic mass is 9.77. The van der Waals surface area contributed by atoms with Crippen molar-refractivity contribution in [1.82, 2.24) is 0 Å². The second-order valence-corrected chi connectivity index (χ2v) is 8.66. The molecular weight excluding hydrogens is 410 g/mol. The van der Waals surface area contributed by atoms with Gasteiger partial charge in [0.2, 0.25) is 12.7 Å². The number of fused-ring (bicyclic) bond motifs is 6. The van der Waals surface area contributed by atoms with E-state index in [4.69, 9.17) is 23.7 Å². The molecule has 2 atom stereocenters. The molecule has 1 saturated heterocycles. The summed E-state index contributed by atoms with van der Waals surface area (Å²) < 4.78 is 28.8. The van der Waals surface area contributed by atoms with E-state index in [1.807, 2.05) is 47.4 Å². The summed E-state index contributed by atoms with van der Waals surface area (Å²) in [5, 5.41) is 0. The maximum Gasteiger partial charge on any atom is 0.246 e. The molecule has 7 nitrogen and oxygen atoms in total. The zero-order chi connectivity index (χ0) is 21.3. The minimum absolute atomic E-state index is 0.0118. The maximum atomic E-state index is 14.1. The Morgan fingerprint density at radius 2 is 1.88 bits per heavy atom. The van der Waals surface area contributed by atoms with Crippen molar-refractivity contribution in [2.24, 2.45) is 0 Å². The van der Waals surface area contributed by atoms with E-state index in [-0.39, 0.29) is 25.4 Å². The Morgan fingerprint density at radius 1 is 1.00 bits per heavy atom. The second-order valence-electron chi connectivity index (χ2n) is 8.66. The minimum atomic E-state index is -0.903. The third-order valence-corrected chi connectivity index (χ3v) is 6.89. The van der Waals surface area contributed by atoms with Gasteiger partial charge in [0.05, 0.1) is 19.4 Å². The molecule has 7 rings (SSSR count). The maximum absolute atomic E-state index is 14.1. The van der Waals surface area contributed by atoms with E-state index in [9.17, 15) is 4.79 Å². The summed E-state index contributed by atoms with van der Waals surface area (Å²) in [7, 11) is 0. The van der Waals surface area contributed by atoms with Gasteiger partial charge in [-0.05, 0) is 36.6 Å². The number of anilines is 1. The summed E-state index contributed by atoms with van der Waals surface area (Å²) in [5.41, 5.74) is 2.66. The molecule has 32 heavy (non-hydrogen) atoms. The largest absolute Gasteiger partial charge is 0.494 e. The van der Waals surface area contributed by atoms with Crippen LogP contribution < -0.4 is 19.1 Å². The fourth-order valence-electron chi connectivity index (χ4n) is 5.34. The number of benzene rings is 2. The van der Waals surface area contributed by atoms with Gasteiger partial charge in [0.25, 0.3) is 0 Å². The molecule has 2 aromatic carbocycles. The lowest BCUT2D eigenvalue weighted by Crippen LogP contribution is -2.43. The summed E-state index contributed by atoms with van der Waals surface area (Å²) in [6.45, 7) is 1.53. The van der Waals surface area contributed by atoms with Crippen molar-refractivity contribution in [3.63, 3.8) is 0 Å². The number of carbonyl (C=O) groups is 1. The molecule has 162 valence electrons. The Morgan fingerprint density at radius 3 is 2.81 bits per heavy atom. The Bertz CT molecular complexity index is 1220. The number of nitrogens with zero attached hydrogens (tertiary/aromatic N) is 1. The van der Waals surface area contributed by atoms with E-state index >= 15 is 0 Å². The van der Waals surface area contributed by atoms with Gasteiger partial charge in [0.15, 0.2) is 17.6 Å². The first-order chi connectivity index (χ1) is 15.7. The molecule has 0 bridgehead atoms. The predicted molar refractivity (Wildman–Crippen MR) is 114 cm³/mol. The van der Waals surface area contributed by atoms with Crippen molar-refractivity contribution in [2.45, 2.75) is 24.4 Å². The highest BCUT2D eigenvalue weighted by Crippen LogP contribution is 2.55. The highest BCUT2D eigenvalue weighted by Gasteiger charge is 2.57. The van der Waals surface area contributed by atoms with Gasteiger partial charge in [0.1, 0.15) is 23.5 Å². The zero-order valence-corrected chi connectivity index (χ0v) is 17.3. The van der Waals surface area contributed by atoms with Gasteiger partial charge in [0, 0.05) is 22.9 Å². The summed E-state index contributed by atoms with van der Waals surface area (Å²) in [4.78, 5) is 15.9. The average Bonchev–Trinajstić information content (AvgIpc) is 3.50. The van der Waals surface area contributed by atoms with E-state index in [1.165, 1.54) is 0 Å². The molecule has 0 radical (unpaired) electrons. The first kappa shape index (κ1) is 18.0. The number of para-hydroxylation sites is 1. The lowest BCUT2D eigenvalue weighted by Gasteiger charge is -2.30. The third-order valence-electron chi connectivity index (χ3n) is 6.89. The van der Waals surface area contributed by atoms with Crippen LogP contribution in [0.15, 0.2) is 60.1 Å². The van der Waals surface area contributed by atoms with E-state index in [1.54, 1.807) is 6.26 Å². The third kappa shape index (κ3) is 2.33. The molecule has 1 amide bonds. The van der Waals surface area contributed by atoms with Gasteiger partial charge in [-0.2, -0.15) is 0 Å². The van der Waals surface area contributed by atoms with Gasteiger partial charge in [-0.25, -0.2) is 0 Å². The van der Waals surface area contributed by atoms with Crippen LogP contribution in [0, 0.1) is 0 Å². The van der Waals surface area contributed by atoms with Crippen molar-refractivity contribution in [3.8, 4) is 17.2 Å². The van der Waals surface area contributed by atoms with Gasteiger partial charge in [-0.3, -0.25) is 4.79 Å². The molecule has 5 heterocycles. The number of carbonyl (C=O) groups excluding carboxylic acids is 1. The van der Waals surface area contributed by atoms with Crippen molar-refractivity contribution in [1.29, 1.82) is 0 Å². The molecule has 2 unspecified atom stereocenters. The Hall–Kier alpha value is -3.61. The zero-order valence-electron chi connectivity index (χ0n) is 17.3. The highest BCUT2D eigenvalue weighted by molar-refractivity contribution is 6.12. The van der Waals surface area contributed by atoms with Crippen LogP contribution in [0.2, 0.25) is 0 Å². The van der Waals surface area contributed by atoms with E-state index in [0.29, 0.717) is 30.4 Å². The minimum Gasteiger partial charge on any atom is -0.494 e. The summed E-state index contributed by atoms with van der Waals surface area (Å²) >= 11 is 0. The quantitative estimate of drug-likeness (QED) is 0.726. The van der Waals surface area contributed by atoms with Crippen molar-refractivity contribution >= 4 is 11.6 Å². The number of hydrogen-bond donors (Lipinski definition) is 0. The molecule has 7 heteroatoms. The predicted octanol–water partition coefficient (Wildman–Crippen LogP) is 3.42. The number of rotatable bonds is 2. The van der Waals surface area contributed by atoms with Gasteiger partial charge >= 0.3 is 0 Å². The summed E-state index contributed by atoms with van der Waals surface area (Å²) in [5.74, 6) is 2.80. The van der Waals surface area contributed by atoms with Crippen molar-refractivity contribution in [2.75, 3.05) is 31.5 Å². The van der Waals surface area contributed by atoms with Crippen LogP contribution >= 0.6 is 0 Å². The van der Waals surface area contributed by atoms with Crippen LogP contribution in [-0.2, 0) is 19.7 Å².